The quantitative estimate of drug-likeness (QED) is 0.670. The molecule has 7 nitrogen and oxygen atoms in total. The summed E-state index contributed by atoms with van der Waals surface area (Å²) in [6, 6.07) is 8.42. The molecule has 3 fully saturated rings. The van der Waals surface area contributed by atoms with Gasteiger partial charge in [0.1, 0.15) is 0 Å². The van der Waals surface area contributed by atoms with Gasteiger partial charge < -0.3 is 24.2 Å². The summed E-state index contributed by atoms with van der Waals surface area (Å²) in [6.07, 6.45) is 3.75. The van der Waals surface area contributed by atoms with Crippen molar-refractivity contribution in [3.05, 3.63) is 34.7 Å². The van der Waals surface area contributed by atoms with E-state index in [4.69, 9.17) is 9.47 Å². The van der Waals surface area contributed by atoms with Crippen LogP contribution in [0.1, 0.15) is 18.4 Å². The SMILES string of the molecule is CN1CCN(C2=NC(=O)C(=Cc3ccc(N4CCC5(CC4)OCCO5)cc3)S2)CC1. The van der Waals surface area contributed by atoms with E-state index in [2.05, 4.69) is 51.0 Å². The fourth-order valence-corrected chi connectivity index (χ4v) is 5.32. The van der Waals surface area contributed by atoms with Gasteiger partial charge in [-0.1, -0.05) is 12.1 Å². The molecule has 3 saturated heterocycles. The van der Waals surface area contributed by atoms with Gasteiger partial charge in [0, 0.05) is 57.8 Å². The number of likely N-dealkylation sites (N-methyl/N-ethyl adjacent to an activating group) is 1. The molecule has 0 radical (unpaired) electrons. The van der Waals surface area contributed by atoms with E-state index in [-0.39, 0.29) is 11.7 Å². The van der Waals surface area contributed by atoms with E-state index in [9.17, 15) is 4.79 Å². The summed E-state index contributed by atoms with van der Waals surface area (Å²) in [4.78, 5) is 24.3. The fourth-order valence-electron chi connectivity index (χ4n) is 4.36. The highest BCUT2D eigenvalue weighted by molar-refractivity contribution is 8.18. The highest BCUT2D eigenvalue weighted by Gasteiger charge is 2.39. The lowest BCUT2D eigenvalue weighted by Gasteiger charge is -2.38. The molecular weight excluding hydrogens is 400 g/mol. The van der Waals surface area contributed by atoms with E-state index in [1.165, 1.54) is 17.4 Å². The van der Waals surface area contributed by atoms with Crippen molar-refractivity contribution in [2.45, 2.75) is 18.6 Å². The molecule has 0 atom stereocenters. The van der Waals surface area contributed by atoms with Crippen LogP contribution in [0.15, 0.2) is 34.2 Å². The maximum absolute atomic E-state index is 12.4. The van der Waals surface area contributed by atoms with Gasteiger partial charge in [-0.3, -0.25) is 4.79 Å². The Morgan fingerprint density at radius 1 is 0.967 bits per heavy atom. The van der Waals surface area contributed by atoms with Gasteiger partial charge in [-0.15, -0.1) is 0 Å². The monoisotopic (exact) mass is 428 g/mol. The first-order valence-electron chi connectivity index (χ1n) is 10.7. The first kappa shape index (κ1) is 20.1. The average Bonchev–Trinajstić information content (AvgIpc) is 3.37. The summed E-state index contributed by atoms with van der Waals surface area (Å²) in [5.74, 6) is -0.474. The Hall–Kier alpha value is -1.87. The van der Waals surface area contributed by atoms with E-state index in [0.717, 1.165) is 62.8 Å². The third-order valence-corrected chi connectivity index (χ3v) is 7.32. The number of carbonyl (C=O) groups excluding carboxylic acids is 1. The predicted octanol–water partition coefficient (Wildman–Crippen LogP) is 2.25. The summed E-state index contributed by atoms with van der Waals surface area (Å²) in [6.45, 7) is 7.12. The molecule has 0 aliphatic carbocycles. The van der Waals surface area contributed by atoms with E-state index in [0.29, 0.717) is 18.1 Å². The zero-order valence-corrected chi connectivity index (χ0v) is 18.2. The van der Waals surface area contributed by atoms with Crippen LogP contribution in [0.5, 0.6) is 0 Å². The van der Waals surface area contributed by atoms with Gasteiger partial charge in [-0.25, -0.2) is 0 Å². The van der Waals surface area contributed by atoms with Crippen LogP contribution in [-0.4, -0.2) is 86.2 Å². The van der Waals surface area contributed by atoms with Crippen molar-refractivity contribution in [3.8, 4) is 0 Å². The first-order valence-corrected chi connectivity index (χ1v) is 11.5. The molecule has 30 heavy (non-hydrogen) atoms. The Balaban J connectivity index is 1.20. The molecule has 8 heteroatoms. The number of hydrogen-bond donors (Lipinski definition) is 0. The number of nitrogens with zero attached hydrogens (tertiary/aromatic N) is 4. The number of benzene rings is 1. The summed E-state index contributed by atoms with van der Waals surface area (Å²) in [7, 11) is 2.12. The average molecular weight is 429 g/mol. The van der Waals surface area contributed by atoms with Crippen molar-refractivity contribution in [1.82, 2.24) is 9.80 Å². The van der Waals surface area contributed by atoms with E-state index in [1.54, 1.807) is 0 Å². The van der Waals surface area contributed by atoms with Gasteiger partial charge in [0.25, 0.3) is 5.91 Å². The molecule has 0 bridgehead atoms. The Morgan fingerprint density at radius 3 is 2.30 bits per heavy atom. The number of aliphatic imine (C=N–C) groups is 1. The van der Waals surface area contributed by atoms with Crippen LogP contribution in [0.3, 0.4) is 0 Å². The van der Waals surface area contributed by atoms with Crippen molar-refractivity contribution in [2.24, 2.45) is 4.99 Å². The molecule has 1 aromatic rings. The Bertz CT molecular complexity index is 846. The number of hydrogen-bond acceptors (Lipinski definition) is 7. The van der Waals surface area contributed by atoms with Crippen LogP contribution < -0.4 is 4.90 Å². The number of amidine groups is 1. The standard InChI is InChI=1S/C22H28N4O3S/c1-24-10-12-26(13-11-24)21-23-20(27)19(30-21)16-17-2-4-18(5-3-17)25-8-6-22(7-9-25)28-14-15-29-22/h2-5,16H,6-15H2,1H3. The van der Waals surface area contributed by atoms with E-state index >= 15 is 0 Å². The lowest BCUT2D eigenvalue weighted by molar-refractivity contribution is -0.169. The molecule has 160 valence electrons. The fraction of sp³-hybridized carbons (Fsp3) is 0.545. The van der Waals surface area contributed by atoms with Crippen LogP contribution >= 0.6 is 11.8 Å². The first-order chi connectivity index (χ1) is 14.6. The number of ether oxygens (including phenoxy) is 2. The van der Waals surface area contributed by atoms with Gasteiger partial charge in [-0.2, -0.15) is 4.99 Å². The highest BCUT2D eigenvalue weighted by Crippen LogP contribution is 2.34. The Kier molecular flexibility index (Phi) is 5.58. The Morgan fingerprint density at radius 2 is 1.63 bits per heavy atom. The number of piperidine rings is 1. The van der Waals surface area contributed by atoms with Crippen LogP contribution in [-0.2, 0) is 14.3 Å². The molecular formula is C22H28N4O3S. The molecule has 1 amide bonds. The molecule has 4 aliphatic heterocycles. The third kappa shape index (κ3) is 4.14. The van der Waals surface area contributed by atoms with Crippen molar-refractivity contribution in [2.75, 3.05) is 64.4 Å². The molecule has 0 aromatic heterocycles. The van der Waals surface area contributed by atoms with E-state index in [1.807, 2.05) is 6.08 Å². The second-order valence-corrected chi connectivity index (χ2v) is 9.30. The minimum atomic E-state index is -0.345. The van der Waals surface area contributed by atoms with Gasteiger partial charge in [-0.05, 0) is 42.6 Å². The van der Waals surface area contributed by atoms with Gasteiger partial charge >= 0.3 is 0 Å². The third-order valence-electron chi connectivity index (χ3n) is 6.28. The van der Waals surface area contributed by atoms with Crippen molar-refractivity contribution in [3.63, 3.8) is 0 Å². The number of anilines is 1. The molecule has 4 aliphatic rings. The number of piperazine rings is 1. The predicted molar refractivity (Wildman–Crippen MR) is 120 cm³/mol. The number of rotatable bonds is 2. The van der Waals surface area contributed by atoms with Crippen LogP contribution in [0.4, 0.5) is 5.69 Å². The molecule has 0 saturated carbocycles. The lowest BCUT2D eigenvalue weighted by atomic mass is 10.0. The van der Waals surface area contributed by atoms with Crippen LogP contribution in [0.2, 0.25) is 0 Å². The molecule has 4 heterocycles. The second-order valence-electron chi connectivity index (χ2n) is 8.29. The topological polar surface area (TPSA) is 57.6 Å². The summed E-state index contributed by atoms with van der Waals surface area (Å²) in [5.41, 5.74) is 2.23. The smallest absolute Gasteiger partial charge is 0.286 e. The zero-order chi connectivity index (χ0) is 20.6. The van der Waals surface area contributed by atoms with Gasteiger partial charge in [0.05, 0.1) is 18.1 Å². The number of thioether (sulfide) groups is 1. The summed E-state index contributed by atoms with van der Waals surface area (Å²) >= 11 is 1.50. The maximum Gasteiger partial charge on any atom is 0.286 e. The van der Waals surface area contributed by atoms with Gasteiger partial charge in [0.15, 0.2) is 11.0 Å². The van der Waals surface area contributed by atoms with Crippen molar-refractivity contribution in [1.29, 1.82) is 0 Å². The van der Waals surface area contributed by atoms with Crippen molar-refractivity contribution >= 4 is 34.6 Å². The normalized spacial score (nSPS) is 26.1. The molecule has 0 unspecified atom stereocenters. The second kappa shape index (κ2) is 8.34. The minimum absolute atomic E-state index is 0.129. The maximum atomic E-state index is 12.4. The van der Waals surface area contributed by atoms with Crippen LogP contribution in [0.25, 0.3) is 6.08 Å². The summed E-state index contributed by atoms with van der Waals surface area (Å²) < 4.78 is 11.6. The van der Waals surface area contributed by atoms with E-state index < -0.39 is 0 Å². The van der Waals surface area contributed by atoms with Crippen LogP contribution in [0, 0.1) is 0 Å². The molecule has 0 N–H and O–H groups in total. The van der Waals surface area contributed by atoms with Crippen molar-refractivity contribution < 1.29 is 14.3 Å². The highest BCUT2D eigenvalue weighted by atomic mass is 32.2. The summed E-state index contributed by atoms with van der Waals surface area (Å²) in [5, 5.41) is 0.842. The number of amides is 1. The molecule has 5 rings (SSSR count). The Labute approximate surface area is 181 Å². The minimum Gasteiger partial charge on any atom is -0.371 e. The molecule has 1 aromatic carbocycles. The van der Waals surface area contributed by atoms with Gasteiger partial charge in [0.2, 0.25) is 0 Å². The number of carbonyl (C=O) groups is 1. The lowest BCUT2D eigenvalue weighted by Crippen LogP contribution is -2.46. The largest absolute Gasteiger partial charge is 0.371 e. The zero-order valence-electron chi connectivity index (χ0n) is 17.4. The molecule has 1 spiro atoms.